The summed E-state index contributed by atoms with van der Waals surface area (Å²) in [6.07, 6.45) is 2.85. The number of amides is 4. The van der Waals surface area contributed by atoms with Crippen LogP contribution in [-0.2, 0) is 20.9 Å². The zero-order chi connectivity index (χ0) is 25.7. The average molecular weight is 526 g/mol. The third kappa shape index (κ3) is 4.40. The summed E-state index contributed by atoms with van der Waals surface area (Å²) in [5.74, 6) is 0.475. The van der Waals surface area contributed by atoms with Crippen molar-refractivity contribution < 1.29 is 28.6 Å². The highest BCUT2D eigenvalue weighted by molar-refractivity contribution is 6.33. The van der Waals surface area contributed by atoms with Crippen molar-refractivity contribution in [1.82, 2.24) is 9.80 Å². The van der Waals surface area contributed by atoms with E-state index in [0.717, 1.165) is 36.8 Å². The Morgan fingerprint density at radius 1 is 1.08 bits per heavy atom. The lowest BCUT2D eigenvalue weighted by molar-refractivity contribution is -0.147. The van der Waals surface area contributed by atoms with Gasteiger partial charge in [-0.2, -0.15) is 0 Å². The summed E-state index contributed by atoms with van der Waals surface area (Å²) < 4.78 is 17.1. The monoisotopic (exact) mass is 525 g/mol. The number of nitrogens with one attached hydrogen (secondary N) is 1. The molecule has 4 amide bonds. The molecule has 3 aliphatic heterocycles. The fraction of sp³-hybridized carbons (Fsp3) is 0.444. The Bertz CT molecular complexity index is 1270. The molecule has 4 aliphatic rings. The molecule has 9 nitrogen and oxygen atoms in total. The van der Waals surface area contributed by atoms with Gasteiger partial charge in [0.2, 0.25) is 12.7 Å². The van der Waals surface area contributed by atoms with Gasteiger partial charge in [0.1, 0.15) is 6.54 Å². The number of ether oxygens (including phenoxy) is 3. The Hall–Kier alpha value is -3.30. The van der Waals surface area contributed by atoms with Crippen LogP contribution in [-0.4, -0.2) is 59.2 Å². The highest BCUT2D eigenvalue weighted by atomic mass is 35.5. The van der Waals surface area contributed by atoms with Gasteiger partial charge in [0.05, 0.1) is 29.4 Å². The summed E-state index contributed by atoms with van der Waals surface area (Å²) in [4.78, 5) is 43.2. The molecule has 2 aromatic carbocycles. The van der Waals surface area contributed by atoms with E-state index in [4.69, 9.17) is 25.8 Å². The number of anilines is 1. The number of hydrogen-bond donors (Lipinski definition) is 1. The summed E-state index contributed by atoms with van der Waals surface area (Å²) in [6.45, 7) is 1.88. The minimum absolute atomic E-state index is 0.0232. The molecule has 0 spiro atoms. The molecule has 4 unspecified atom stereocenters. The van der Waals surface area contributed by atoms with Crippen molar-refractivity contribution in [3.63, 3.8) is 0 Å². The topological polar surface area (TPSA) is 97.4 Å². The number of carbonyl (C=O) groups excluding carboxylic acids is 3. The maximum atomic E-state index is 13.8. The van der Waals surface area contributed by atoms with E-state index >= 15 is 0 Å². The molecule has 10 heteroatoms. The van der Waals surface area contributed by atoms with Gasteiger partial charge in [-0.05, 0) is 55.2 Å². The Kier molecular flexibility index (Phi) is 6.20. The number of hydrogen-bond acceptors (Lipinski definition) is 6. The maximum absolute atomic E-state index is 13.8. The van der Waals surface area contributed by atoms with Crippen molar-refractivity contribution in [1.29, 1.82) is 0 Å². The standard InChI is InChI=1S/C27H28ClN3O6/c1-15-6-8-19(18(28)10-15)29-23(32)13-30-24-17-4-2-3-5-20(17)37-25(24)26(33)31(27(30)34)12-16-7-9-21-22(11-16)36-14-35-21/h6-11,17,20,24-25H,2-5,12-14H2,1H3,(H,29,32). The number of urea groups is 1. The van der Waals surface area contributed by atoms with E-state index in [9.17, 15) is 14.4 Å². The first kappa shape index (κ1) is 24.1. The van der Waals surface area contributed by atoms with Gasteiger partial charge in [0, 0.05) is 5.92 Å². The van der Waals surface area contributed by atoms with Gasteiger partial charge in [-0.3, -0.25) is 14.5 Å². The second-order valence-corrected chi connectivity index (χ2v) is 10.5. The molecule has 6 rings (SSSR count). The van der Waals surface area contributed by atoms with Crippen LogP contribution in [0.15, 0.2) is 36.4 Å². The van der Waals surface area contributed by atoms with Crippen molar-refractivity contribution in [2.45, 2.75) is 57.4 Å². The van der Waals surface area contributed by atoms with Gasteiger partial charge in [-0.25, -0.2) is 4.79 Å². The number of nitrogens with zero attached hydrogens (tertiary/aromatic N) is 2. The summed E-state index contributed by atoms with van der Waals surface area (Å²) >= 11 is 6.31. The van der Waals surface area contributed by atoms with Gasteiger partial charge in [-0.1, -0.05) is 36.6 Å². The minimum atomic E-state index is -0.796. The van der Waals surface area contributed by atoms with Gasteiger partial charge >= 0.3 is 6.03 Å². The number of imide groups is 1. The Morgan fingerprint density at radius 3 is 2.73 bits per heavy atom. The molecule has 4 atom stereocenters. The quantitative estimate of drug-likeness (QED) is 0.631. The van der Waals surface area contributed by atoms with E-state index < -0.39 is 18.2 Å². The van der Waals surface area contributed by atoms with Crippen LogP contribution < -0.4 is 14.8 Å². The Balaban J connectivity index is 1.27. The number of fused-ring (bicyclic) bond motifs is 4. The lowest BCUT2D eigenvalue weighted by atomic mass is 9.81. The summed E-state index contributed by atoms with van der Waals surface area (Å²) in [7, 11) is 0. The molecule has 2 aromatic rings. The van der Waals surface area contributed by atoms with Crippen LogP contribution in [0.25, 0.3) is 0 Å². The second kappa shape index (κ2) is 9.54. The van der Waals surface area contributed by atoms with Crippen molar-refractivity contribution >= 4 is 35.1 Å². The van der Waals surface area contributed by atoms with Crippen molar-refractivity contribution in [3.05, 3.63) is 52.5 Å². The molecule has 1 aliphatic carbocycles. The highest BCUT2D eigenvalue weighted by Gasteiger charge is 2.57. The third-order valence-electron chi connectivity index (χ3n) is 7.66. The predicted molar refractivity (Wildman–Crippen MR) is 134 cm³/mol. The first-order valence-electron chi connectivity index (χ1n) is 12.6. The molecule has 2 saturated heterocycles. The Labute approximate surface area is 219 Å². The lowest BCUT2D eigenvalue weighted by Gasteiger charge is -2.43. The molecule has 3 heterocycles. The largest absolute Gasteiger partial charge is 0.454 e. The number of halogens is 1. The van der Waals surface area contributed by atoms with E-state index in [0.29, 0.717) is 22.2 Å². The van der Waals surface area contributed by atoms with Crippen molar-refractivity contribution in [3.8, 4) is 11.5 Å². The van der Waals surface area contributed by atoms with Gasteiger partial charge < -0.3 is 24.4 Å². The fourth-order valence-corrected chi connectivity index (χ4v) is 6.20. The van der Waals surface area contributed by atoms with E-state index in [1.807, 2.05) is 13.0 Å². The van der Waals surface area contributed by atoms with Crippen LogP contribution >= 0.6 is 11.6 Å². The third-order valence-corrected chi connectivity index (χ3v) is 7.97. The predicted octanol–water partition coefficient (Wildman–Crippen LogP) is 4.11. The minimum Gasteiger partial charge on any atom is -0.454 e. The van der Waals surface area contributed by atoms with Crippen LogP contribution in [0.1, 0.15) is 36.8 Å². The zero-order valence-corrected chi connectivity index (χ0v) is 21.2. The second-order valence-electron chi connectivity index (χ2n) is 10.1. The first-order valence-corrected chi connectivity index (χ1v) is 13.0. The molecule has 194 valence electrons. The molecule has 3 fully saturated rings. The summed E-state index contributed by atoms with van der Waals surface area (Å²) in [6, 6.07) is 9.71. The normalized spacial score (nSPS) is 26.2. The average Bonchev–Trinajstić information content (AvgIpc) is 3.51. The molecular weight excluding hydrogens is 498 g/mol. The smallest absolute Gasteiger partial charge is 0.327 e. The molecule has 1 saturated carbocycles. The SMILES string of the molecule is Cc1ccc(NC(=O)CN2C(=O)N(Cc3ccc4c(c3)OCO4)C(=O)C3OC4CCCCC4C32)c(Cl)c1. The van der Waals surface area contributed by atoms with Crippen LogP contribution in [0.5, 0.6) is 11.5 Å². The number of aryl methyl sites for hydroxylation is 1. The van der Waals surface area contributed by atoms with E-state index in [-0.39, 0.29) is 43.7 Å². The summed E-state index contributed by atoms with van der Waals surface area (Å²) in [5.41, 5.74) is 2.17. The fourth-order valence-electron chi connectivity index (χ4n) is 5.91. The van der Waals surface area contributed by atoms with Gasteiger partial charge in [0.15, 0.2) is 17.6 Å². The number of benzene rings is 2. The Morgan fingerprint density at radius 2 is 1.89 bits per heavy atom. The zero-order valence-electron chi connectivity index (χ0n) is 20.4. The summed E-state index contributed by atoms with van der Waals surface area (Å²) in [5, 5.41) is 3.25. The van der Waals surface area contributed by atoms with Crippen LogP contribution in [0.2, 0.25) is 5.02 Å². The van der Waals surface area contributed by atoms with Gasteiger partial charge in [0.25, 0.3) is 5.91 Å². The highest BCUT2D eigenvalue weighted by Crippen LogP contribution is 2.43. The molecule has 0 radical (unpaired) electrons. The molecular formula is C27H28ClN3O6. The number of carbonyl (C=O) groups is 3. The van der Waals surface area contributed by atoms with E-state index in [1.54, 1.807) is 30.3 Å². The molecule has 0 aromatic heterocycles. The molecule has 37 heavy (non-hydrogen) atoms. The van der Waals surface area contributed by atoms with E-state index in [1.165, 1.54) is 9.80 Å². The molecule has 0 bridgehead atoms. The van der Waals surface area contributed by atoms with Crippen molar-refractivity contribution in [2.24, 2.45) is 5.92 Å². The van der Waals surface area contributed by atoms with Gasteiger partial charge in [-0.15, -0.1) is 0 Å². The van der Waals surface area contributed by atoms with Crippen LogP contribution in [0.4, 0.5) is 10.5 Å². The number of rotatable bonds is 5. The molecule has 1 N–H and O–H groups in total. The van der Waals surface area contributed by atoms with Crippen LogP contribution in [0, 0.1) is 12.8 Å². The van der Waals surface area contributed by atoms with Crippen molar-refractivity contribution in [2.75, 3.05) is 18.7 Å². The van der Waals surface area contributed by atoms with Crippen LogP contribution in [0.3, 0.4) is 0 Å². The maximum Gasteiger partial charge on any atom is 0.327 e. The van der Waals surface area contributed by atoms with E-state index in [2.05, 4.69) is 5.32 Å². The lowest BCUT2D eigenvalue weighted by Crippen LogP contribution is -2.65. The first-order chi connectivity index (χ1) is 17.9.